The van der Waals surface area contributed by atoms with Crippen LogP contribution in [0.5, 0.6) is 0 Å². The van der Waals surface area contributed by atoms with Gasteiger partial charge in [-0.2, -0.15) is 0 Å². The van der Waals surface area contributed by atoms with Crippen molar-refractivity contribution in [3.05, 3.63) is 29.3 Å². The maximum absolute atomic E-state index is 11.7. The molecule has 0 radical (unpaired) electrons. The molecule has 0 amide bonds. The monoisotopic (exact) mass is 324 g/mol. The average molecular weight is 324 g/mol. The van der Waals surface area contributed by atoms with E-state index in [0.29, 0.717) is 19.5 Å². The maximum atomic E-state index is 11.7. The minimum Gasteiger partial charge on any atom is -0.395 e. The van der Waals surface area contributed by atoms with Gasteiger partial charge < -0.3 is 10.0 Å². The Morgan fingerprint density at radius 1 is 1.41 bits per heavy atom. The molecule has 2 heterocycles. The van der Waals surface area contributed by atoms with Gasteiger partial charge in [0.05, 0.1) is 18.1 Å². The number of anilines is 1. The highest BCUT2D eigenvalue weighted by Crippen LogP contribution is 2.28. The molecule has 122 valence electrons. The Hall–Kier alpha value is -1.11. The highest BCUT2D eigenvalue weighted by Gasteiger charge is 2.32. The molecule has 1 aromatic carbocycles. The fraction of sp³-hybridized carbons (Fsp3) is 0.625. The zero-order chi connectivity index (χ0) is 15.7. The van der Waals surface area contributed by atoms with Gasteiger partial charge in [0.2, 0.25) is 0 Å². The molecule has 22 heavy (non-hydrogen) atoms. The smallest absolute Gasteiger partial charge is 0.151 e. The van der Waals surface area contributed by atoms with Crippen molar-refractivity contribution in [2.75, 3.05) is 43.1 Å². The molecule has 2 aliphatic rings. The molecule has 6 heteroatoms. The number of aliphatic hydroxyl groups is 1. The summed E-state index contributed by atoms with van der Waals surface area (Å²) in [6.45, 7) is 2.35. The quantitative estimate of drug-likeness (QED) is 0.862. The number of nitrogens with zero attached hydrogens (tertiary/aromatic N) is 2. The average Bonchev–Trinajstić information content (AvgIpc) is 3.02. The van der Waals surface area contributed by atoms with Gasteiger partial charge in [-0.25, -0.2) is 8.42 Å². The van der Waals surface area contributed by atoms with E-state index in [1.165, 1.54) is 16.8 Å². The molecule has 0 spiro atoms. The molecule has 1 N–H and O–H groups in total. The molecule has 0 saturated carbocycles. The van der Waals surface area contributed by atoms with Gasteiger partial charge >= 0.3 is 0 Å². The lowest BCUT2D eigenvalue weighted by atomic mass is 10.1. The van der Waals surface area contributed by atoms with Crippen molar-refractivity contribution in [2.24, 2.45) is 0 Å². The van der Waals surface area contributed by atoms with Gasteiger partial charge in [-0.1, -0.05) is 12.1 Å². The Morgan fingerprint density at radius 3 is 2.91 bits per heavy atom. The normalized spacial score (nSPS) is 23.2. The van der Waals surface area contributed by atoms with Crippen LogP contribution >= 0.6 is 0 Å². The van der Waals surface area contributed by atoms with Crippen LogP contribution in [0.3, 0.4) is 0 Å². The van der Waals surface area contributed by atoms with Gasteiger partial charge in [0.25, 0.3) is 0 Å². The van der Waals surface area contributed by atoms with E-state index in [2.05, 4.69) is 35.0 Å². The van der Waals surface area contributed by atoms with E-state index >= 15 is 0 Å². The van der Waals surface area contributed by atoms with E-state index in [1.807, 2.05) is 0 Å². The molecular formula is C16H24N2O3S. The number of hydrogen-bond acceptors (Lipinski definition) is 5. The van der Waals surface area contributed by atoms with Crippen molar-refractivity contribution in [3.8, 4) is 0 Å². The molecule has 2 aliphatic heterocycles. The third-order valence-electron chi connectivity index (χ3n) is 4.77. The van der Waals surface area contributed by atoms with Crippen LogP contribution in [0.2, 0.25) is 0 Å². The summed E-state index contributed by atoms with van der Waals surface area (Å²) in [7, 11) is -0.794. The Bertz CT molecular complexity index is 645. The minimum absolute atomic E-state index is 0.0353. The number of likely N-dealkylation sites (N-methyl/N-ethyl adjacent to an activating group) is 1. The van der Waals surface area contributed by atoms with Crippen LogP contribution in [0.15, 0.2) is 18.2 Å². The van der Waals surface area contributed by atoms with Crippen molar-refractivity contribution >= 4 is 15.5 Å². The second-order valence-corrected chi connectivity index (χ2v) is 8.61. The second kappa shape index (κ2) is 6.18. The van der Waals surface area contributed by atoms with Crippen LogP contribution in [-0.4, -0.2) is 62.7 Å². The van der Waals surface area contributed by atoms with E-state index in [-0.39, 0.29) is 24.2 Å². The predicted molar refractivity (Wildman–Crippen MR) is 88.0 cm³/mol. The lowest BCUT2D eigenvalue weighted by molar-refractivity contribution is 0.153. The predicted octanol–water partition coefficient (Wildman–Crippen LogP) is 0.660. The highest BCUT2D eigenvalue weighted by molar-refractivity contribution is 7.91. The number of hydrogen-bond donors (Lipinski definition) is 1. The molecule has 1 fully saturated rings. The summed E-state index contributed by atoms with van der Waals surface area (Å²) in [5.74, 6) is 0.495. The Kier molecular flexibility index (Phi) is 4.43. The van der Waals surface area contributed by atoms with Gasteiger partial charge in [-0.3, -0.25) is 4.90 Å². The summed E-state index contributed by atoms with van der Waals surface area (Å²) >= 11 is 0. The van der Waals surface area contributed by atoms with E-state index in [1.54, 1.807) is 0 Å². The number of aliphatic hydroxyl groups excluding tert-OH is 1. The van der Waals surface area contributed by atoms with Crippen molar-refractivity contribution in [3.63, 3.8) is 0 Å². The molecule has 5 nitrogen and oxygen atoms in total. The summed E-state index contributed by atoms with van der Waals surface area (Å²) < 4.78 is 23.4. The fourth-order valence-electron chi connectivity index (χ4n) is 3.54. The first kappa shape index (κ1) is 15.8. The zero-order valence-corrected chi connectivity index (χ0v) is 13.8. The first-order valence-electron chi connectivity index (χ1n) is 7.87. The van der Waals surface area contributed by atoms with Crippen LogP contribution in [0, 0.1) is 0 Å². The van der Waals surface area contributed by atoms with Crippen LogP contribution in [-0.2, 0) is 22.8 Å². The molecule has 3 rings (SSSR count). The van der Waals surface area contributed by atoms with Gasteiger partial charge in [-0.15, -0.1) is 0 Å². The highest BCUT2D eigenvalue weighted by atomic mass is 32.2. The first-order chi connectivity index (χ1) is 10.5. The van der Waals surface area contributed by atoms with Crippen molar-refractivity contribution in [1.29, 1.82) is 0 Å². The summed E-state index contributed by atoms with van der Waals surface area (Å²) in [5, 5.41) is 9.30. The van der Waals surface area contributed by atoms with Crippen molar-refractivity contribution < 1.29 is 13.5 Å². The van der Waals surface area contributed by atoms with Crippen LogP contribution in [0.1, 0.15) is 17.5 Å². The van der Waals surface area contributed by atoms with Crippen LogP contribution in [0.25, 0.3) is 0 Å². The largest absolute Gasteiger partial charge is 0.395 e. The van der Waals surface area contributed by atoms with Gasteiger partial charge in [0.15, 0.2) is 9.84 Å². The minimum atomic E-state index is -2.90. The molecule has 1 saturated heterocycles. The first-order valence-corrected chi connectivity index (χ1v) is 9.69. The zero-order valence-electron chi connectivity index (χ0n) is 13.0. The molecule has 0 aromatic heterocycles. The second-order valence-electron chi connectivity index (χ2n) is 6.39. The topological polar surface area (TPSA) is 60.9 Å². The van der Waals surface area contributed by atoms with Crippen molar-refractivity contribution in [1.82, 2.24) is 4.90 Å². The Labute approximate surface area is 132 Å². The molecular weight excluding hydrogens is 300 g/mol. The van der Waals surface area contributed by atoms with E-state index in [9.17, 15) is 13.5 Å². The molecule has 1 atom stereocenters. The lowest BCUT2D eigenvalue weighted by Crippen LogP contribution is -2.37. The summed E-state index contributed by atoms with van der Waals surface area (Å²) in [6, 6.07) is 6.54. The maximum Gasteiger partial charge on any atom is 0.151 e. The number of sulfone groups is 1. The summed E-state index contributed by atoms with van der Waals surface area (Å²) in [6.07, 6.45) is 1.74. The van der Waals surface area contributed by atoms with Crippen LogP contribution < -0.4 is 4.90 Å². The molecule has 0 aliphatic carbocycles. The SMILES string of the molecule is CN1CCc2cc(CN(CCO)C3CCS(=O)(=O)C3)ccc21. The van der Waals surface area contributed by atoms with E-state index in [4.69, 9.17) is 0 Å². The Balaban J connectivity index is 1.74. The standard InChI is InChI=1S/C16H24N2O3S/c1-17-6-4-14-10-13(2-3-16(14)17)11-18(7-8-19)15-5-9-22(20,21)12-15/h2-3,10,15,19H,4-9,11-12H2,1H3. The van der Waals surface area contributed by atoms with Gasteiger partial charge in [-0.05, 0) is 30.0 Å². The van der Waals surface area contributed by atoms with Crippen molar-refractivity contribution in [2.45, 2.75) is 25.4 Å². The third kappa shape index (κ3) is 3.29. The molecule has 0 bridgehead atoms. The third-order valence-corrected chi connectivity index (χ3v) is 6.52. The number of fused-ring (bicyclic) bond motifs is 1. The Morgan fingerprint density at radius 2 is 2.23 bits per heavy atom. The van der Waals surface area contributed by atoms with Crippen LogP contribution in [0.4, 0.5) is 5.69 Å². The molecule has 1 aromatic rings. The van der Waals surface area contributed by atoms with E-state index in [0.717, 1.165) is 13.0 Å². The van der Waals surface area contributed by atoms with E-state index < -0.39 is 9.84 Å². The summed E-state index contributed by atoms with van der Waals surface area (Å²) in [4.78, 5) is 4.37. The lowest BCUT2D eigenvalue weighted by Gasteiger charge is -2.27. The summed E-state index contributed by atoms with van der Waals surface area (Å²) in [5.41, 5.74) is 3.86. The van der Waals surface area contributed by atoms with Gasteiger partial charge in [0, 0.05) is 38.4 Å². The fourth-order valence-corrected chi connectivity index (χ4v) is 5.30. The number of rotatable bonds is 5. The van der Waals surface area contributed by atoms with Gasteiger partial charge in [0.1, 0.15) is 0 Å². The molecule has 1 unspecified atom stereocenters. The number of benzene rings is 1.